The Morgan fingerprint density at radius 2 is 1.72 bits per heavy atom. The summed E-state index contributed by atoms with van der Waals surface area (Å²) in [4.78, 5) is 9.05. The Labute approximate surface area is 167 Å². The van der Waals surface area contributed by atoms with Crippen LogP contribution in [-0.4, -0.2) is 27.1 Å². The first kappa shape index (κ1) is 16.1. The number of pyridine rings is 1. The summed E-state index contributed by atoms with van der Waals surface area (Å²) in [6.45, 7) is 0.246. The quantitative estimate of drug-likeness (QED) is 0.466. The van der Waals surface area contributed by atoms with Crippen molar-refractivity contribution in [3.8, 4) is 22.8 Å². The lowest BCUT2D eigenvalue weighted by atomic mass is 9.95. The van der Waals surface area contributed by atoms with Gasteiger partial charge in [0.25, 0.3) is 0 Å². The lowest BCUT2D eigenvalue weighted by Gasteiger charge is -2.10. The predicted octanol–water partition coefficient (Wildman–Crippen LogP) is 3.88. The van der Waals surface area contributed by atoms with Gasteiger partial charge in [-0.15, -0.1) is 0 Å². The summed E-state index contributed by atoms with van der Waals surface area (Å²) in [6, 6.07) is 18.2. The van der Waals surface area contributed by atoms with Gasteiger partial charge in [-0.05, 0) is 29.8 Å². The molecule has 0 saturated carbocycles. The molecule has 4 aromatic rings. The van der Waals surface area contributed by atoms with Crippen molar-refractivity contribution in [3.63, 3.8) is 0 Å². The highest BCUT2D eigenvalue weighted by Gasteiger charge is 2.25. The van der Waals surface area contributed by atoms with Gasteiger partial charge < -0.3 is 9.47 Å². The number of hydrogen-bond acceptors (Lipinski definition) is 5. The van der Waals surface area contributed by atoms with Gasteiger partial charge in [0.2, 0.25) is 6.79 Å². The van der Waals surface area contributed by atoms with Gasteiger partial charge in [0, 0.05) is 35.5 Å². The molecule has 140 valence electrons. The van der Waals surface area contributed by atoms with Crippen molar-refractivity contribution < 1.29 is 9.47 Å². The zero-order chi connectivity index (χ0) is 19.2. The molecule has 0 fully saturated rings. The maximum Gasteiger partial charge on any atom is 0.231 e. The highest BCUT2D eigenvalue weighted by molar-refractivity contribution is 6.14. The lowest BCUT2D eigenvalue weighted by molar-refractivity contribution is 0.174. The molecule has 6 nitrogen and oxygen atoms in total. The molecule has 0 unspecified atom stereocenters. The smallest absolute Gasteiger partial charge is 0.231 e. The van der Waals surface area contributed by atoms with Crippen LogP contribution in [0.15, 0.2) is 78.3 Å². The van der Waals surface area contributed by atoms with Crippen molar-refractivity contribution >= 4 is 5.71 Å². The molecule has 0 N–H and O–H groups in total. The first-order valence-corrected chi connectivity index (χ1v) is 9.41. The second-order valence-corrected chi connectivity index (χ2v) is 6.98. The molecular weight excluding hydrogens is 364 g/mol. The summed E-state index contributed by atoms with van der Waals surface area (Å²) in [5, 5.41) is 4.98. The SMILES string of the molecule is c1ccc(C2=Nn3cc(-c4cccnc4)nc3Cc3cc4c(cc32)OCO4)cc1. The third-order valence-electron chi connectivity index (χ3n) is 5.17. The second kappa shape index (κ2) is 6.31. The summed E-state index contributed by atoms with van der Waals surface area (Å²) < 4.78 is 13.1. The van der Waals surface area contributed by atoms with Crippen molar-refractivity contribution in [1.29, 1.82) is 0 Å². The van der Waals surface area contributed by atoms with Crippen molar-refractivity contribution in [2.24, 2.45) is 5.10 Å². The number of imidazole rings is 1. The van der Waals surface area contributed by atoms with Crippen LogP contribution in [0.2, 0.25) is 0 Å². The van der Waals surface area contributed by atoms with Crippen LogP contribution in [0.1, 0.15) is 22.5 Å². The molecule has 2 aliphatic heterocycles. The van der Waals surface area contributed by atoms with E-state index in [1.54, 1.807) is 6.20 Å². The van der Waals surface area contributed by atoms with Crippen molar-refractivity contribution in [2.45, 2.75) is 6.42 Å². The zero-order valence-corrected chi connectivity index (χ0v) is 15.4. The maximum absolute atomic E-state index is 5.62. The zero-order valence-electron chi connectivity index (χ0n) is 15.4. The van der Waals surface area contributed by atoms with E-state index in [4.69, 9.17) is 19.6 Å². The van der Waals surface area contributed by atoms with Crippen molar-refractivity contribution in [3.05, 3.63) is 95.7 Å². The largest absolute Gasteiger partial charge is 0.454 e. The molecule has 2 aromatic heterocycles. The molecule has 0 bridgehead atoms. The van der Waals surface area contributed by atoms with E-state index in [0.29, 0.717) is 6.42 Å². The van der Waals surface area contributed by atoms with Crippen LogP contribution in [-0.2, 0) is 6.42 Å². The van der Waals surface area contributed by atoms with Crippen molar-refractivity contribution in [2.75, 3.05) is 6.79 Å². The minimum absolute atomic E-state index is 0.246. The van der Waals surface area contributed by atoms with E-state index in [2.05, 4.69) is 17.1 Å². The Morgan fingerprint density at radius 3 is 2.55 bits per heavy atom. The Balaban J connectivity index is 1.56. The first-order valence-electron chi connectivity index (χ1n) is 9.41. The van der Waals surface area contributed by atoms with Gasteiger partial charge in [-0.2, -0.15) is 5.10 Å². The van der Waals surface area contributed by atoms with Crippen LogP contribution >= 0.6 is 0 Å². The number of aromatic nitrogens is 3. The van der Waals surface area contributed by atoms with Crippen LogP contribution in [0.4, 0.5) is 0 Å². The lowest BCUT2D eigenvalue weighted by Crippen LogP contribution is -2.06. The fourth-order valence-electron chi connectivity index (χ4n) is 3.76. The molecule has 6 rings (SSSR count). The van der Waals surface area contributed by atoms with Crippen LogP contribution in [0.25, 0.3) is 11.3 Å². The molecule has 0 atom stereocenters. The van der Waals surface area contributed by atoms with E-state index >= 15 is 0 Å². The summed E-state index contributed by atoms with van der Waals surface area (Å²) in [5.41, 5.74) is 5.89. The van der Waals surface area contributed by atoms with Crippen LogP contribution < -0.4 is 9.47 Å². The highest BCUT2D eigenvalue weighted by atomic mass is 16.7. The molecule has 4 heterocycles. The average molecular weight is 380 g/mol. The number of hydrogen-bond donors (Lipinski definition) is 0. The third-order valence-corrected chi connectivity index (χ3v) is 5.17. The van der Waals surface area contributed by atoms with Gasteiger partial charge in [0.15, 0.2) is 11.5 Å². The van der Waals surface area contributed by atoms with E-state index in [9.17, 15) is 0 Å². The van der Waals surface area contributed by atoms with E-state index in [1.807, 2.05) is 59.5 Å². The second-order valence-electron chi connectivity index (χ2n) is 6.98. The Hall–Kier alpha value is -3.93. The number of nitrogens with zero attached hydrogens (tertiary/aromatic N) is 4. The number of fused-ring (bicyclic) bond motifs is 3. The van der Waals surface area contributed by atoms with E-state index in [-0.39, 0.29) is 6.79 Å². The fourth-order valence-corrected chi connectivity index (χ4v) is 3.76. The van der Waals surface area contributed by atoms with Gasteiger partial charge in [-0.3, -0.25) is 4.98 Å². The first-order chi connectivity index (χ1) is 14.3. The normalized spacial score (nSPS) is 14.0. The van der Waals surface area contributed by atoms with E-state index in [1.165, 1.54) is 0 Å². The van der Waals surface area contributed by atoms with Crippen LogP contribution in [0.3, 0.4) is 0 Å². The van der Waals surface area contributed by atoms with Gasteiger partial charge in [-0.1, -0.05) is 30.3 Å². The molecule has 0 amide bonds. The molecule has 0 radical (unpaired) electrons. The van der Waals surface area contributed by atoms with Crippen LogP contribution in [0.5, 0.6) is 11.5 Å². The standard InChI is InChI=1S/C23H16N4O2/c1-2-5-15(6-3-1)23-18-11-21-20(28-14-29-21)9-17(18)10-22-25-19(13-27(22)26-23)16-7-4-8-24-12-16/h1-9,11-13H,10,14H2. The highest BCUT2D eigenvalue weighted by Crippen LogP contribution is 2.37. The van der Waals surface area contributed by atoms with Gasteiger partial charge in [0.1, 0.15) is 5.82 Å². The minimum atomic E-state index is 0.246. The van der Waals surface area contributed by atoms with E-state index < -0.39 is 0 Å². The molecule has 0 saturated heterocycles. The minimum Gasteiger partial charge on any atom is -0.454 e. The maximum atomic E-state index is 5.62. The fraction of sp³-hybridized carbons (Fsp3) is 0.0870. The summed E-state index contributed by atoms with van der Waals surface area (Å²) in [6.07, 6.45) is 6.18. The third kappa shape index (κ3) is 2.69. The predicted molar refractivity (Wildman–Crippen MR) is 108 cm³/mol. The molecule has 6 heteroatoms. The number of benzene rings is 2. The van der Waals surface area contributed by atoms with Gasteiger partial charge >= 0.3 is 0 Å². The summed E-state index contributed by atoms with van der Waals surface area (Å²) >= 11 is 0. The topological polar surface area (TPSA) is 61.5 Å². The van der Waals surface area contributed by atoms with Crippen molar-refractivity contribution in [1.82, 2.24) is 14.6 Å². The van der Waals surface area contributed by atoms with Gasteiger partial charge in [-0.25, -0.2) is 9.66 Å². The molecule has 29 heavy (non-hydrogen) atoms. The number of rotatable bonds is 2. The monoisotopic (exact) mass is 380 g/mol. The molecule has 2 aliphatic rings. The summed E-state index contributed by atoms with van der Waals surface area (Å²) in [7, 11) is 0. The van der Waals surface area contributed by atoms with E-state index in [0.717, 1.165) is 51.0 Å². The molecule has 2 aromatic carbocycles. The molecule has 0 aliphatic carbocycles. The molecular formula is C23H16N4O2. The Morgan fingerprint density at radius 1 is 0.897 bits per heavy atom. The molecule has 0 spiro atoms. The van der Waals surface area contributed by atoms with Crippen LogP contribution in [0, 0.1) is 0 Å². The van der Waals surface area contributed by atoms with Gasteiger partial charge in [0.05, 0.1) is 17.6 Å². The Bertz CT molecular complexity index is 1250. The average Bonchev–Trinajstić information content (AvgIpc) is 3.36. The number of ether oxygens (including phenoxy) is 2. The Kier molecular flexibility index (Phi) is 3.49. The summed E-state index contributed by atoms with van der Waals surface area (Å²) in [5.74, 6) is 2.39.